The summed E-state index contributed by atoms with van der Waals surface area (Å²) in [7, 11) is 0. The fourth-order valence-electron chi connectivity index (χ4n) is 3.73. The van der Waals surface area contributed by atoms with Gasteiger partial charge in [-0.1, -0.05) is 45.0 Å². The first-order valence-electron chi connectivity index (χ1n) is 7.95. The molecular formula is C18H30N2. The summed E-state index contributed by atoms with van der Waals surface area (Å²) in [6.45, 7) is 9.30. The molecule has 112 valence electrons. The van der Waals surface area contributed by atoms with Crippen LogP contribution in [-0.2, 0) is 0 Å². The van der Waals surface area contributed by atoms with Crippen molar-refractivity contribution in [2.75, 3.05) is 0 Å². The molecule has 1 aromatic carbocycles. The van der Waals surface area contributed by atoms with E-state index in [4.69, 9.17) is 5.84 Å². The summed E-state index contributed by atoms with van der Waals surface area (Å²) in [5, 5.41) is 0. The number of hydrogen-bond donors (Lipinski definition) is 2. The van der Waals surface area contributed by atoms with Crippen molar-refractivity contribution in [1.29, 1.82) is 0 Å². The van der Waals surface area contributed by atoms with Crippen molar-refractivity contribution in [3.8, 4) is 0 Å². The molecule has 0 saturated heterocycles. The number of hydrazine groups is 1. The van der Waals surface area contributed by atoms with Crippen molar-refractivity contribution in [3.63, 3.8) is 0 Å². The van der Waals surface area contributed by atoms with Gasteiger partial charge in [0, 0.05) is 6.04 Å². The Hall–Kier alpha value is -0.860. The smallest absolute Gasteiger partial charge is 0.0490 e. The Kier molecular flexibility index (Phi) is 4.87. The zero-order valence-corrected chi connectivity index (χ0v) is 13.4. The molecule has 2 nitrogen and oxygen atoms in total. The molecule has 20 heavy (non-hydrogen) atoms. The first kappa shape index (κ1) is 15.5. The molecule has 2 heteroatoms. The molecule has 0 amide bonds. The summed E-state index contributed by atoms with van der Waals surface area (Å²) in [5.41, 5.74) is 6.24. The van der Waals surface area contributed by atoms with E-state index < -0.39 is 0 Å². The maximum atomic E-state index is 5.87. The molecule has 0 spiro atoms. The monoisotopic (exact) mass is 274 g/mol. The predicted molar refractivity (Wildman–Crippen MR) is 86.1 cm³/mol. The average Bonchev–Trinajstić information content (AvgIpc) is 2.41. The molecule has 0 heterocycles. The lowest BCUT2D eigenvalue weighted by atomic mass is 9.68. The Morgan fingerprint density at radius 1 is 1.10 bits per heavy atom. The van der Waals surface area contributed by atoms with Crippen LogP contribution < -0.4 is 11.3 Å². The summed E-state index contributed by atoms with van der Waals surface area (Å²) in [4.78, 5) is 0. The van der Waals surface area contributed by atoms with Crippen LogP contribution in [0.4, 0.5) is 0 Å². The van der Waals surface area contributed by atoms with Crippen LogP contribution in [0.5, 0.6) is 0 Å². The van der Waals surface area contributed by atoms with Gasteiger partial charge in [-0.2, -0.15) is 0 Å². The molecule has 0 radical (unpaired) electrons. The normalized spacial score (nSPS) is 25.4. The second kappa shape index (κ2) is 6.28. The van der Waals surface area contributed by atoms with E-state index in [-0.39, 0.29) is 0 Å². The SMILES string of the molecule is Cc1ccccc1C(NN)C1CCC(C(C)(C)C)CC1. The minimum atomic E-state index is 0.303. The van der Waals surface area contributed by atoms with Crippen LogP contribution in [0.15, 0.2) is 24.3 Å². The zero-order valence-electron chi connectivity index (χ0n) is 13.4. The molecule has 3 N–H and O–H groups in total. The van der Waals surface area contributed by atoms with Crippen LogP contribution in [0.25, 0.3) is 0 Å². The molecule has 1 atom stereocenters. The Balaban J connectivity index is 2.06. The first-order valence-corrected chi connectivity index (χ1v) is 7.95. The van der Waals surface area contributed by atoms with Crippen LogP contribution in [-0.4, -0.2) is 0 Å². The van der Waals surface area contributed by atoms with Gasteiger partial charge in [-0.15, -0.1) is 0 Å². The zero-order chi connectivity index (χ0) is 14.8. The van der Waals surface area contributed by atoms with Gasteiger partial charge in [0.1, 0.15) is 0 Å². The van der Waals surface area contributed by atoms with E-state index in [1.165, 1.54) is 36.8 Å². The summed E-state index contributed by atoms with van der Waals surface area (Å²) < 4.78 is 0. The quantitative estimate of drug-likeness (QED) is 0.635. The van der Waals surface area contributed by atoms with Crippen LogP contribution in [0.3, 0.4) is 0 Å². The lowest BCUT2D eigenvalue weighted by Gasteiger charge is -2.39. The second-order valence-corrected chi connectivity index (χ2v) is 7.48. The third-order valence-electron chi connectivity index (χ3n) is 5.17. The molecule has 1 unspecified atom stereocenters. The molecule has 0 bridgehead atoms. The van der Waals surface area contributed by atoms with Crippen LogP contribution in [0.1, 0.15) is 63.6 Å². The lowest BCUT2D eigenvalue weighted by Crippen LogP contribution is -2.37. The molecule has 1 aliphatic rings. The van der Waals surface area contributed by atoms with Crippen molar-refractivity contribution in [2.45, 2.75) is 59.4 Å². The number of nitrogens with one attached hydrogen (secondary N) is 1. The summed E-state index contributed by atoms with van der Waals surface area (Å²) in [5.74, 6) is 7.40. The number of rotatable bonds is 3. The van der Waals surface area contributed by atoms with E-state index in [0.29, 0.717) is 17.4 Å². The Morgan fingerprint density at radius 2 is 1.70 bits per heavy atom. The number of aryl methyl sites for hydroxylation is 1. The highest BCUT2D eigenvalue weighted by Gasteiger charge is 2.33. The van der Waals surface area contributed by atoms with Gasteiger partial charge in [-0.25, -0.2) is 0 Å². The van der Waals surface area contributed by atoms with E-state index in [1.807, 2.05) is 0 Å². The predicted octanol–water partition coefficient (Wildman–Crippen LogP) is 4.35. The highest BCUT2D eigenvalue weighted by molar-refractivity contribution is 5.29. The van der Waals surface area contributed by atoms with E-state index in [1.54, 1.807) is 0 Å². The number of benzene rings is 1. The van der Waals surface area contributed by atoms with Gasteiger partial charge in [0.15, 0.2) is 0 Å². The molecule has 2 rings (SSSR count). The van der Waals surface area contributed by atoms with Gasteiger partial charge in [0.2, 0.25) is 0 Å². The van der Waals surface area contributed by atoms with Crippen LogP contribution >= 0.6 is 0 Å². The van der Waals surface area contributed by atoms with Crippen molar-refractivity contribution in [2.24, 2.45) is 23.1 Å². The Bertz CT molecular complexity index is 425. The van der Waals surface area contributed by atoms with Gasteiger partial charge >= 0.3 is 0 Å². The minimum absolute atomic E-state index is 0.303. The first-order chi connectivity index (χ1) is 9.43. The summed E-state index contributed by atoms with van der Waals surface area (Å²) >= 11 is 0. The van der Waals surface area contributed by atoms with Gasteiger partial charge in [-0.3, -0.25) is 11.3 Å². The molecular weight excluding hydrogens is 244 g/mol. The van der Waals surface area contributed by atoms with Crippen LogP contribution in [0.2, 0.25) is 0 Å². The fraction of sp³-hybridized carbons (Fsp3) is 0.667. The van der Waals surface area contributed by atoms with Crippen molar-refractivity contribution < 1.29 is 0 Å². The van der Waals surface area contributed by atoms with Crippen molar-refractivity contribution in [1.82, 2.24) is 5.43 Å². The maximum absolute atomic E-state index is 5.87. The second-order valence-electron chi connectivity index (χ2n) is 7.48. The van der Waals surface area contributed by atoms with E-state index in [0.717, 1.165) is 5.92 Å². The average molecular weight is 274 g/mol. The molecule has 0 aromatic heterocycles. The number of nitrogens with two attached hydrogens (primary N) is 1. The largest absolute Gasteiger partial charge is 0.271 e. The van der Waals surface area contributed by atoms with Gasteiger partial charge in [-0.05, 0) is 61.0 Å². The fourth-order valence-corrected chi connectivity index (χ4v) is 3.73. The highest BCUT2D eigenvalue weighted by atomic mass is 15.2. The number of hydrogen-bond acceptors (Lipinski definition) is 2. The Labute approximate surface area is 124 Å². The topological polar surface area (TPSA) is 38.0 Å². The van der Waals surface area contributed by atoms with Gasteiger partial charge in [0.05, 0.1) is 0 Å². The third-order valence-corrected chi connectivity index (χ3v) is 5.17. The molecule has 1 fully saturated rings. The minimum Gasteiger partial charge on any atom is -0.271 e. The molecule has 1 saturated carbocycles. The van der Waals surface area contributed by atoms with Crippen molar-refractivity contribution in [3.05, 3.63) is 35.4 Å². The Morgan fingerprint density at radius 3 is 2.20 bits per heavy atom. The van der Waals surface area contributed by atoms with Crippen molar-refractivity contribution >= 4 is 0 Å². The van der Waals surface area contributed by atoms with E-state index >= 15 is 0 Å². The molecule has 0 aliphatic heterocycles. The highest BCUT2D eigenvalue weighted by Crippen LogP contribution is 2.43. The molecule has 1 aliphatic carbocycles. The lowest BCUT2D eigenvalue weighted by molar-refractivity contribution is 0.132. The van der Waals surface area contributed by atoms with Gasteiger partial charge < -0.3 is 0 Å². The standard InChI is InChI=1S/C18H30N2/c1-13-7-5-6-8-16(13)17(20-19)14-9-11-15(12-10-14)18(2,3)4/h5-8,14-15,17,20H,9-12,19H2,1-4H3. The van der Waals surface area contributed by atoms with Gasteiger partial charge in [0.25, 0.3) is 0 Å². The van der Waals surface area contributed by atoms with E-state index in [9.17, 15) is 0 Å². The summed E-state index contributed by atoms with van der Waals surface area (Å²) in [6, 6.07) is 8.92. The third kappa shape index (κ3) is 3.42. The van der Waals surface area contributed by atoms with E-state index in [2.05, 4.69) is 57.4 Å². The maximum Gasteiger partial charge on any atom is 0.0490 e. The molecule has 1 aromatic rings. The summed E-state index contributed by atoms with van der Waals surface area (Å²) in [6.07, 6.45) is 5.23. The van der Waals surface area contributed by atoms with Crippen LogP contribution in [0, 0.1) is 24.2 Å².